The predicted molar refractivity (Wildman–Crippen MR) is 158 cm³/mol. The van der Waals surface area contributed by atoms with Crippen molar-refractivity contribution in [1.82, 2.24) is 9.80 Å². The molecule has 0 radical (unpaired) electrons. The van der Waals surface area contributed by atoms with Gasteiger partial charge in [-0.1, -0.05) is 76.6 Å². The van der Waals surface area contributed by atoms with Gasteiger partial charge in [-0.25, -0.2) is 0 Å². The van der Waals surface area contributed by atoms with Crippen molar-refractivity contribution in [3.63, 3.8) is 0 Å². The monoisotopic (exact) mass is 563 g/mol. The molecule has 0 bridgehead atoms. The van der Waals surface area contributed by atoms with Gasteiger partial charge in [-0.05, 0) is 43.7 Å². The second kappa shape index (κ2) is 11.0. The molecule has 0 saturated carbocycles. The Hall–Kier alpha value is -2.97. The molecule has 8 heteroatoms. The average Bonchev–Trinajstić information content (AvgIpc) is 3.25. The third kappa shape index (κ3) is 4.28. The Balaban J connectivity index is 1.73. The van der Waals surface area contributed by atoms with E-state index in [0.29, 0.717) is 26.1 Å². The van der Waals surface area contributed by atoms with Crippen molar-refractivity contribution in [1.29, 1.82) is 0 Å². The highest BCUT2D eigenvalue weighted by Gasteiger charge is 2.76. The van der Waals surface area contributed by atoms with Gasteiger partial charge in [0.25, 0.3) is 5.91 Å². The summed E-state index contributed by atoms with van der Waals surface area (Å²) in [5, 5.41) is 10.7. The topological polar surface area (TPSA) is 90.4 Å². The number of hydrogen-bond donors (Lipinski definition) is 1. The van der Waals surface area contributed by atoms with Crippen LogP contribution in [0.5, 0.6) is 0 Å². The van der Waals surface area contributed by atoms with Crippen molar-refractivity contribution in [3.05, 3.63) is 53.6 Å². The van der Waals surface area contributed by atoms with E-state index in [4.69, 9.17) is 4.74 Å². The van der Waals surface area contributed by atoms with E-state index in [0.717, 1.165) is 29.7 Å². The Morgan fingerprint density at radius 3 is 2.27 bits per heavy atom. The Morgan fingerprint density at radius 1 is 0.976 bits per heavy atom. The summed E-state index contributed by atoms with van der Waals surface area (Å²) in [5.74, 6) is -2.33. The van der Waals surface area contributed by atoms with Crippen LogP contribution in [0.4, 0.5) is 5.69 Å². The zero-order chi connectivity index (χ0) is 29.7. The molecule has 1 spiro atoms. The van der Waals surface area contributed by atoms with Gasteiger partial charge in [0.15, 0.2) is 0 Å². The fraction of sp³-hybridized carbons (Fsp3) is 0.606. The smallest absolute Gasteiger partial charge is 0.253 e. The molecule has 1 unspecified atom stereocenters. The summed E-state index contributed by atoms with van der Waals surface area (Å²) in [6, 6.07) is 4.34. The fourth-order valence-electron chi connectivity index (χ4n) is 7.82. The van der Waals surface area contributed by atoms with E-state index in [1.165, 1.54) is 0 Å². The van der Waals surface area contributed by atoms with Gasteiger partial charge in [-0.15, -0.1) is 0 Å². The highest BCUT2D eigenvalue weighted by Crippen LogP contribution is 2.59. The summed E-state index contributed by atoms with van der Waals surface area (Å²) >= 11 is 0. The summed E-state index contributed by atoms with van der Waals surface area (Å²) in [7, 11) is 0. The van der Waals surface area contributed by atoms with Crippen molar-refractivity contribution in [3.8, 4) is 0 Å². The minimum absolute atomic E-state index is 0.0641. The van der Waals surface area contributed by atoms with E-state index in [-0.39, 0.29) is 30.2 Å². The molecule has 0 aliphatic carbocycles. The van der Waals surface area contributed by atoms with E-state index < -0.39 is 35.1 Å². The summed E-state index contributed by atoms with van der Waals surface area (Å²) in [6.07, 6.45) is 9.79. The third-order valence-corrected chi connectivity index (χ3v) is 10.0. The summed E-state index contributed by atoms with van der Waals surface area (Å²) in [5.41, 5.74) is 0.407. The highest BCUT2D eigenvalue weighted by molar-refractivity contribution is 6.06. The fourth-order valence-corrected chi connectivity index (χ4v) is 7.82. The molecule has 4 aliphatic rings. The normalized spacial score (nSPS) is 32.5. The van der Waals surface area contributed by atoms with E-state index in [9.17, 15) is 19.5 Å². The number of rotatable bonds is 8. The number of aliphatic hydroxyl groups is 1. The van der Waals surface area contributed by atoms with Gasteiger partial charge in [-0.3, -0.25) is 14.4 Å². The largest absolute Gasteiger partial charge is 0.394 e. The molecule has 2 saturated heterocycles. The first-order valence-electron chi connectivity index (χ1n) is 15.3. The number of hydrogen-bond acceptors (Lipinski definition) is 5. The minimum atomic E-state index is -1.34. The molecular weight excluding hydrogens is 518 g/mol. The molecule has 8 nitrogen and oxygen atoms in total. The number of amides is 3. The standard InChI is InChI=1S/C33H45N3O5/c1-7-17-34-18-11-15-32(9-3)25(29(34)38)26-30(39)36(24(20-37)21(4)8-2)28-31(40)35(19-12-16-33(26,28)41-32)27-22(5)13-10-14-23(27)6/h10-16,21,24-26,28,37H,7-9,17-20H2,1-6H3/t21-,24-,25+,26-,28?,32-,33-/m0/s1. The average molecular weight is 564 g/mol. The van der Waals surface area contributed by atoms with E-state index in [1.807, 2.05) is 88.9 Å². The van der Waals surface area contributed by atoms with Gasteiger partial charge in [0.05, 0.1) is 30.1 Å². The van der Waals surface area contributed by atoms with Crippen LogP contribution in [-0.4, -0.2) is 82.2 Å². The van der Waals surface area contributed by atoms with Crippen LogP contribution in [0.2, 0.25) is 0 Å². The zero-order valence-corrected chi connectivity index (χ0v) is 25.3. The Bertz CT molecular complexity index is 1260. The van der Waals surface area contributed by atoms with E-state index >= 15 is 0 Å². The molecule has 1 aromatic rings. The molecule has 5 rings (SSSR count). The van der Waals surface area contributed by atoms with Gasteiger partial charge in [0.2, 0.25) is 11.8 Å². The van der Waals surface area contributed by atoms with Gasteiger partial charge in [0, 0.05) is 25.3 Å². The first-order chi connectivity index (χ1) is 19.6. The maximum Gasteiger partial charge on any atom is 0.253 e. The maximum absolute atomic E-state index is 14.9. The number of carbonyl (C=O) groups is 3. The molecule has 222 valence electrons. The Morgan fingerprint density at radius 2 is 1.66 bits per heavy atom. The molecule has 7 atom stereocenters. The molecule has 4 aliphatic heterocycles. The first kappa shape index (κ1) is 29.5. The van der Waals surface area contributed by atoms with Gasteiger partial charge in [0.1, 0.15) is 11.6 Å². The molecule has 3 amide bonds. The first-order valence-corrected chi connectivity index (χ1v) is 15.3. The quantitative estimate of drug-likeness (QED) is 0.487. The Labute approximate surface area is 244 Å². The number of carbonyl (C=O) groups excluding carboxylic acids is 3. The minimum Gasteiger partial charge on any atom is -0.394 e. The van der Waals surface area contributed by atoms with Crippen LogP contribution in [0, 0.1) is 31.6 Å². The lowest BCUT2D eigenvalue weighted by atomic mass is 9.73. The molecule has 4 heterocycles. The van der Waals surface area contributed by atoms with Crippen molar-refractivity contribution < 1.29 is 24.2 Å². The summed E-state index contributed by atoms with van der Waals surface area (Å²) < 4.78 is 7.09. The number of likely N-dealkylation sites (tertiary alicyclic amines) is 1. The molecular formula is C33H45N3O5. The lowest BCUT2D eigenvalue weighted by Crippen LogP contribution is -2.60. The molecule has 1 N–H and O–H groups in total. The van der Waals surface area contributed by atoms with Crippen LogP contribution in [0.25, 0.3) is 0 Å². The van der Waals surface area contributed by atoms with E-state index in [2.05, 4.69) is 0 Å². The van der Waals surface area contributed by atoms with Crippen molar-refractivity contribution >= 4 is 23.4 Å². The number of nitrogens with zero attached hydrogens (tertiary/aromatic N) is 3. The SMILES string of the molecule is CCCN1CC=C[C@]2(CC)O[C@]34C=CCN(c5c(C)cccc5C)C(=O)C3N([C@@H](CO)[C@@H](C)CC)C(=O)[C@@H]4[C@@H]2C1=O. The van der Waals surface area contributed by atoms with Crippen molar-refractivity contribution in [2.75, 3.05) is 31.1 Å². The molecule has 0 aromatic heterocycles. The number of aryl methyl sites for hydroxylation is 2. The number of fused-ring (bicyclic) bond motifs is 2. The van der Waals surface area contributed by atoms with Gasteiger partial charge >= 0.3 is 0 Å². The van der Waals surface area contributed by atoms with E-state index in [1.54, 1.807) is 9.80 Å². The molecule has 2 fully saturated rings. The van der Waals surface area contributed by atoms with Crippen molar-refractivity contribution in [2.24, 2.45) is 17.8 Å². The van der Waals surface area contributed by atoms with Gasteiger partial charge < -0.3 is 24.5 Å². The zero-order valence-electron chi connectivity index (χ0n) is 25.3. The highest BCUT2D eigenvalue weighted by atomic mass is 16.5. The second-order valence-electron chi connectivity index (χ2n) is 12.3. The predicted octanol–water partition coefficient (Wildman–Crippen LogP) is 3.78. The number of para-hydroxylation sites is 1. The lowest BCUT2D eigenvalue weighted by Gasteiger charge is -2.42. The maximum atomic E-state index is 14.9. The molecule has 1 aromatic carbocycles. The molecule has 41 heavy (non-hydrogen) atoms. The number of ether oxygens (including phenoxy) is 1. The second-order valence-corrected chi connectivity index (χ2v) is 12.3. The van der Waals surface area contributed by atoms with Crippen LogP contribution in [0.1, 0.15) is 58.1 Å². The van der Waals surface area contributed by atoms with Crippen LogP contribution < -0.4 is 4.90 Å². The van der Waals surface area contributed by atoms with Crippen LogP contribution in [0.3, 0.4) is 0 Å². The van der Waals surface area contributed by atoms with Crippen LogP contribution >= 0.6 is 0 Å². The van der Waals surface area contributed by atoms with Gasteiger partial charge in [-0.2, -0.15) is 0 Å². The van der Waals surface area contributed by atoms with Crippen LogP contribution in [0.15, 0.2) is 42.5 Å². The third-order valence-electron chi connectivity index (χ3n) is 10.0. The Kier molecular flexibility index (Phi) is 7.94. The number of benzene rings is 1. The van der Waals surface area contributed by atoms with Crippen LogP contribution in [-0.2, 0) is 19.1 Å². The van der Waals surface area contributed by atoms with Crippen molar-refractivity contribution in [2.45, 2.75) is 84.1 Å². The summed E-state index contributed by atoms with van der Waals surface area (Å²) in [6.45, 7) is 13.1. The lowest BCUT2D eigenvalue weighted by molar-refractivity contribution is -0.153. The number of anilines is 1. The number of aliphatic hydroxyl groups excluding tert-OH is 1. The summed E-state index contributed by atoms with van der Waals surface area (Å²) in [4.78, 5) is 49.1.